The lowest BCUT2D eigenvalue weighted by Gasteiger charge is -2.43. The zero-order valence-corrected chi connectivity index (χ0v) is 12.7. The summed E-state index contributed by atoms with van der Waals surface area (Å²) in [6.07, 6.45) is 16.1. The van der Waals surface area contributed by atoms with Gasteiger partial charge in [0.05, 0.1) is 0 Å². The van der Waals surface area contributed by atoms with E-state index in [1.54, 1.807) is 0 Å². The first-order chi connectivity index (χ1) is 9.73. The van der Waals surface area contributed by atoms with Gasteiger partial charge in [-0.2, -0.15) is 0 Å². The highest BCUT2D eigenvalue weighted by Gasteiger charge is 2.55. The molecule has 0 spiro atoms. The zero-order chi connectivity index (χ0) is 14.3. The second kappa shape index (κ2) is 8.02. The van der Waals surface area contributed by atoms with Gasteiger partial charge < -0.3 is 9.84 Å². The lowest BCUT2D eigenvalue weighted by atomic mass is 9.82. The predicted octanol–water partition coefficient (Wildman–Crippen LogP) is 4.12. The molecule has 116 valence electrons. The maximum atomic E-state index is 11.6. The summed E-state index contributed by atoms with van der Waals surface area (Å²) in [5, 5.41) is 10.4. The molecule has 3 heteroatoms. The number of rotatable bonds is 0. The van der Waals surface area contributed by atoms with Crippen LogP contribution in [0, 0.1) is 0 Å². The van der Waals surface area contributed by atoms with Crippen LogP contribution in [-0.2, 0) is 9.53 Å². The Morgan fingerprint density at radius 2 is 1.25 bits per heavy atom. The van der Waals surface area contributed by atoms with E-state index in [0.717, 1.165) is 25.7 Å². The Kier molecular flexibility index (Phi) is 6.34. The van der Waals surface area contributed by atoms with Crippen molar-refractivity contribution in [1.29, 1.82) is 0 Å². The molecule has 2 unspecified atom stereocenters. The van der Waals surface area contributed by atoms with Gasteiger partial charge in [-0.15, -0.1) is 0 Å². The molecule has 2 rings (SSSR count). The van der Waals surface area contributed by atoms with Crippen LogP contribution in [0.15, 0.2) is 0 Å². The number of carbonyl (C=O) groups excluding carboxylic acids is 1. The van der Waals surface area contributed by atoms with Gasteiger partial charge in [0.15, 0.2) is 5.60 Å². The average molecular weight is 282 g/mol. The molecule has 1 heterocycles. The number of carbonyl (C=O) groups is 1. The van der Waals surface area contributed by atoms with Gasteiger partial charge in [0, 0.05) is 0 Å². The first-order valence-corrected chi connectivity index (χ1v) is 8.67. The minimum Gasteiger partial charge on any atom is -0.456 e. The largest absolute Gasteiger partial charge is 0.456 e. The summed E-state index contributed by atoms with van der Waals surface area (Å²) in [4.78, 5) is 11.6. The molecule has 1 N–H and O–H groups in total. The molecule has 2 fully saturated rings. The van der Waals surface area contributed by atoms with E-state index in [2.05, 4.69) is 0 Å². The molecule has 2 aliphatic rings. The molecule has 0 aromatic rings. The number of esters is 1. The Hall–Kier alpha value is -0.570. The van der Waals surface area contributed by atoms with Crippen LogP contribution in [-0.4, -0.2) is 22.8 Å². The Balaban J connectivity index is 1.77. The summed E-state index contributed by atoms with van der Waals surface area (Å²) in [7, 11) is 0. The summed E-state index contributed by atoms with van der Waals surface area (Å²) in [6.45, 7) is 0. The maximum absolute atomic E-state index is 11.6. The first kappa shape index (κ1) is 15.8. The molecule has 1 saturated heterocycles. The molecule has 3 nitrogen and oxygen atoms in total. The third kappa shape index (κ3) is 4.21. The smallest absolute Gasteiger partial charge is 0.342 e. The summed E-state index contributed by atoms with van der Waals surface area (Å²) < 4.78 is 5.16. The number of hydrogen-bond acceptors (Lipinski definition) is 3. The molecular formula is C17H30O3. The monoisotopic (exact) mass is 282 g/mol. The fourth-order valence-corrected chi connectivity index (χ4v) is 3.45. The molecule has 0 bridgehead atoms. The SMILES string of the molecule is O=C1OC2CCCCCCCCCCCCCCC12O. The van der Waals surface area contributed by atoms with Crippen molar-refractivity contribution in [3.8, 4) is 0 Å². The molecule has 0 aromatic carbocycles. The van der Waals surface area contributed by atoms with Gasteiger partial charge >= 0.3 is 5.97 Å². The Morgan fingerprint density at radius 1 is 0.800 bits per heavy atom. The zero-order valence-electron chi connectivity index (χ0n) is 12.7. The number of hydrogen-bond donors (Lipinski definition) is 1. The van der Waals surface area contributed by atoms with Crippen molar-refractivity contribution in [2.75, 3.05) is 0 Å². The first-order valence-electron chi connectivity index (χ1n) is 8.67. The second-order valence-corrected chi connectivity index (χ2v) is 6.60. The predicted molar refractivity (Wildman–Crippen MR) is 79.5 cm³/mol. The van der Waals surface area contributed by atoms with Crippen molar-refractivity contribution < 1.29 is 14.6 Å². The molecule has 1 aliphatic carbocycles. The number of ether oxygens (including phenoxy) is 1. The molecule has 20 heavy (non-hydrogen) atoms. The van der Waals surface area contributed by atoms with Gasteiger partial charge in [-0.3, -0.25) is 0 Å². The van der Waals surface area contributed by atoms with Crippen molar-refractivity contribution in [2.45, 2.75) is 102 Å². The third-order valence-electron chi connectivity index (χ3n) is 4.91. The Morgan fingerprint density at radius 3 is 1.75 bits per heavy atom. The average Bonchev–Trinajstić information content (AvgIpc) is 2.45. The van der Waals surface area contributed by atoms with E-state index >= 15 is 0 Å². The molecule has 0 aromatic heterocycles. The van der Waals surface area contributed by atoms with Crippen LogP contribution >= 0.6 is 0 Å². The van der Waals surface area contributed by atoms with E-state index in [-0.39, 0.29) is 12.1 Å². The van der Waals surface area contributed by atoms with Crippen molar-refractivity contribution in [2.24, 2.45) is 0 Å². The number of aliphatic hydroxyl groups is 1. The molecule has 0 amide bonds. The topological polar surface area (TPSA) is 46.5 Å². The molecule has 0 radical (unpaired) electrons. The van der Waals surface area contributed by atoms with Crippen LogP contribution in [0.2, 0.25) is 0 Å². The van der Waals surface area contributed by atoms with Crippen LogP contribution in [0.3, 0.4) is 0 Å². The van der Waals surface area contributed by atoms with Crippen molar-refractivity contribution in [1.82, 2.24) is 0 Å². The van der Waals surface area contributed by atoms with E-state index in [0.29, 0.717) is 6.42 Å². The van der Waals surface area contributed by atoms with Crippen molar-refractivity contribution in [3.05, 3.63) is 0 Å². The van der Waals surface area contributed by atoms with E-state index in [1.807, 2.05) is 0 Å². The van der Waals surface area contributed by atoms with Crippen LogP contribution in [0.4, 0.5) is 0 Å². The van der Waals surface area contributed by atoms with E-state index < -0.39 is 5.60 Å². The second-order valence-electron chi connectivity index (χ2n) is 6.60. The fourth-order valence-electron chi connectivity index (χ4n) is 3.45. The number of fused-ring (bicyclic) bond motifs is 1. The van der Waals surface area contributed by atoms with Gasteiger partial charge in [-0.1, -0.05) is 64.2 Å². The normalized spacial score (nSPS) is 34.6. The molecule has 1 aliphatic heterocycles. The lowest BCUT2D eigenvalue weighted by molar-refractivity contribution is -0.232. The van der Waals surface area contributed by atoms with Gasteiger partial charge in [0.1, 0.15) is 6.10 Å². The van der Waals surface area contributed by atoms with E-state index in [1.165, 1.54) is 57.8 Å². The summed E-state index contributed by atoms with van der Waals surface area (Å²) in [5.41, 5.74) is -1.16. The lowest BCUT2D eigenvalue weighted by Crippen LogP contribution is -2.62. The van der Waals surface area contributed by atoms with Crippen LogP contribution in [0.25, 0.3) is 0 Å². The minimum absolute atomic E-state index is 0.233. The van der Waals surface area contributed by atoms with Crippen molar-refractivity contribution in [3.63, 3.8) is 0 Å². The van der Waals surface area contributed by atoms with Gasteiger partial charge in [-0.05, 0) is 25.7 Å². The van der Waals surface area contributed by atoms with E-state index in [9.17, 15) is 9.90 Å². The highest BCUT2D eigenvalue weighted by Crippen LogP contribution is 2.35. The van der Waals surface area contributed by atoms with Gasteiger partial charge in [-0.25, -0.2) is 4.79 Å². The Bertz CT molecular complexity index is 303. The van der Waals surface area contributed by atoms with E-state index in [4.69, 9.17) is 4.74 Å². The van der Waals surface area contributed by atoms with Gasteiger partial charge in [0.2, 0.25) is 0 Å². The molecule has 1 saturated carbocycles. The highest BCUT2D eigenvalue weighted by atomic mass is 16.6. The molecular weight excluding hydrogens is 252 g/mol. The van der Waals surface area contributed by atoms with Crippen LogP contribution in [0.1, 0.15) is 89.9 Å². The van der Waals surface area contributed by atoms with Crippen molar-refractivity contribution >= 4 is 5.97 Å². The maximum Gasteiger partial charge on any atom is 0.342 e. The minimum atomic E-state index is -1.16. The third-order valence-corrected chi connectivity index (χ3v) is 4.91. The summed E-state index contributed by atoms with van der Waals surface area (Å²) in [6, 6.07) is 0. The summed E-state index contributed by atoms with van der Waals surface area (Å²) >= 11 is 0. The summed E-state index contributed by atoms with van der Waals surface area (Å²) in [5.74, 6) is -0.386. The standard InChI is InChI=1S/C17H30O3/c18-16-17(19)14-12-10-8-6-4-2-1-3-5-7-9-11-13-15(17)20-16/h15,19H,1-14H2. The van der Waals surface area contributed by atoms with Gasteiger partial charge in [0.25, 0.3) is 0 Å². The fraction of sp³-hybridized carbons (Fsp3) is 0.941. The van der Waals surface area contributed by atoms with Crippen LogP contribution < -0.4 is 0 Å². The Labute approximate surface area is 123 Å². The highest BCUT2D eigenvalue weighted by molar-refractivity contribution is 5.85. The quantitative estimate of drug-likeness (QED) is 0.680. The molecule has 2 atom stereocenters. The van der Waals surface area contributed by atoms with Crippen LogP contribution in [0.5, 0.6) is 0 Å².